The lowest BCUT2D eigenvalue weighted by Crippen LogP contribution is -2.30. The number of benzene rings is 1. The normalized spacial score (nSPS) is 17.2. The fourth-order valence-corrected chi connectivity index (χ4v) is 3.31. The van der Waals surface area contributed by atoms with Crippen molar-refractivity contribution in [2.24, 2.45) is 0 Å². The Labute approximate surface area is 141 Å². The Hall–Kier alpha value is -2.56. The largest absolute Gasteiger partial charge is 0.483 e. The summed E-state index contributed by atoms with van der Waals surface area (Å²) >= 11 is 0. The highest BCUT2D eigenvalue weighted by Crippen LogP contribution is 2.41. The zero-order valence-corrected chi connectivity index (χ0v) is 13.9. The van der Waals surface area contributed by atoms with Crippen molar-refractivity contribution in [2.45, 2.75) is 39.0 Å². The first kappa shape index (κ1) is 15.0. The van der Waals surface area contributed by atoms with Gasteiger partial charge < -0.3 is 14.4 Å². The van der Waals surface area contributed by atoms with Gasteiger partial charge in [-0.1, -0.05) is 18.2 Å². The number of carbonyl (C=O) groups is 1. The highest BCUT2D eigenvalue weighted by atomic mass is 16.5. The van der Waals surface area contributed by atoms with E-state index in [0.717, 1.165) is 29.0 Å². The number of hydrogen-bond donors (Lipinski definition) is 0. The molecule has 124 valence electrons. The molecule has 0 radical (unpaired) electrons. The molecule has 0 aliphatic carbocycles. The number of rotatable bonds is 3. The molecule has 24 heavy (non-hydrogen) atoms. The Bertz CT molecular complexity index is 776. The number of para-hydroxylation sites is 1. The summed E-state index contributed by atoms with van der Waals surface area (Å²) in [4.78, 5) is 18.5. The van der Waals surface area contributed by atoms with Gasteiger partial charge in [-0.05, 0) is 31.5 Å². The number of hydrogen-bond acceptors (Lipinski definition) is 4. The summed E-state index contributed by atoms with van der Waals surface area (Å²) < 4.78 is 11.8. The van der Waals surface area contributed by atoms with Gasteiger partial charge in [0.05, 0.1) is 12.2 Å². The molecule has 0 bridgehead atoms. The first-order valence-electron chi connectivity index (χ1n) is 8.16. The second-order valence-corrected chi connectivity index (χ2v) is 6.93. The number of nitrogens with zero attached hydrogens (tertiary/aromatic N) is 2. The molecule has 2 aliphatic heterocycles. The predicted octanol–water partition coefficient (Wildman–Crippen LogP) is 2.72. The predicted molar refractivity (Wildman–Crippen MR) is 88.8 cm³/mol. The van der Waals surface area contributed by atoms with E-state index in [-0.39, 0.29) is 18.1 Å². The van der Waals surface area contributed by atoms with Crippen molar-refractivity contribution in [3.63, 3.8) is 0 Å². The van der Waals surface area contributed by atoms with Crippen LogP contribution in [-0.2, 0) is 24.3 Å². The van der Waals surface area contributed by atoms with Crippen molar-refractivity contribution < 1.29 is 14.3 Å². The Kier molecular flexibility index (Phi) is 3.44. The second kappa shape index (κ2) is 5.51. The molecule has 0 unspecified atom stereocenters. The fraction of sp³-hybridized carbons (Fsp3) is 0.368. The highest BCUT2D eigenvalue weighted by Gasteiger charge is 2.32. The van der Waals surface area contributed by atoms with Gasteiger partial charge in [0.1, 0.15) is 5.60 Å². The van der Waals surface area contributed by atoms with Gasteiger partial charge in [0, 0.05) is 24.7 Å². The van der Waals surface area contributed by atoms with Crippen molar-refractivity contribution in [3.8, 4) is 11.5 Å². The standard InChI is InChI=1S/C19H20N2O3/c1-19(2)9-13-5-3-7-16(18(13)24-19)23-12-17(22)21-10-14-6-4-8-20-15(14)11-21/h3-8H,9-12H2,1-2H3. The molecule has 0 saturated carbocycles. The van der Waals surface area contributed by atoms with Crippen molar-refractivity contribution in [3.05, 3.63) is 53.3 Å². The zero-order valence-electron chi connectivity index (χ0n) is 13.9. The highest BCUT2D eigenvalue weighted by molar-refractivity contribution is 5.78. The van der Waals surface area contributed by atoms with Crippen molar-refractivity contribution in [1.29, 1.82) is 0 Å². The first-order chi connectivity index (χ1) is 11.5. The Morgan fingerprint density at radius 1 is 1.25 bits per heavy atom. The first-order valence-corrected chi connectivity index (χ1v) is 8.16. The van der Waals surface area contributed by atoms with E-state index in [4.69, 9.17) is 9.47 Å². The summed E-state index contributed by atoms with van der Waals surface area (Å²) in [5.41, 5.74) is 2.98. The maximum absolute atomic E-state index is 12.4. The molecule has 5 nitrogen and oxygen atoms in total. The van der Waals surface area contributed by atoms with Crippen LogP contribution in [0.1, 0.15) is 30.7 Å². The minimum absolute atomic E-state index is 0.00817. The van der Waals surface area contributed by atoms with Crippen LogP contribution in [0.25, 0.3) is 0 Å². The third-order valence-electron chi connectivity index (χ3n) is 4.45. The van der Waals surface area contributed by atoms with Gasteiger partial charge >= 0.3 is 0 Å². The number of carbonyl (C=O) groups excluding carboxylic acids is 1. The van der Waals surface area contributed by atoms with Crippen molar-refractivity contribution in [1.82, 2.24) is 9.88 Å². The second-order valence-electron chi connectivity index (χ2n) is 6.93. The summed E-state index contributed by atoms with van der Waals surface area (Å²) in [5.74, 6) is 1.37. The summed E-state index contributed by atoms with van der Waals surface area (Å²) in [6, 6.07) is 9.75. The van der Waals surface area contributed by atoms with E-state index in [1.165, 1.54) is 0 Å². The van der Waals surface area contributed by atoms with Gasteiger partial charge in [-0.3, -0.25) is 9.78 Å². The van der Waals surface area contributed by atoms with Gasteiger partial charge in [0.25, 0.3) is 5.91 Å². The summed E-state index contributed by atoms with van der Waals surface area (Å²) in [5, 5.41) is 0. The molecule has 5 heteroatoms. The van der Waals surface area contributed by atoms with Crippen LogP contribution in [-0.4, -0.2) is 28.0 Å². The average molecular weight is 324 g/mol. The lowest BCUT2D eigenvalue weighted by atomic mass is 10.0. The quantitative estimate of drug-likeness (QED) is 0.871. The van der Waals surface area contributed by atoms with Crippen LogP contribution in [0.3, 0.4) is 0 Å². The van der Waals surface area contributed by atoms with Gasteiger partial charge in [-0.25, -0.2) is 0 Å². The van der Waals surface area contributed by atoms with E-state index in [0.29, 0.717) is 18.8 Å². The van der Waals surface area contributed by atoms with Crippen LogP contribution in [0.2, 0.25) is 0 Å². The lowest BCUT2D eigenvalue weighted by molar-refractivity contribution is -0.134. The molecule has 2 aromatic rings. The number of amides is 1. The Balaban J connectivity index is 1.42. The van der Waals surface area contributed by atoms with Crippen LogP contribution >= 0.6 is 0 Å². The molecule has 0 saturated heterocycles. The van der Waals surface area contributed by atoms with E-state index in [1.807, 2.05) is 30.3 Å². The maximum Gasteiger partial charge on any atom is 0.261 e. The van der Waals surface area contributed by atoms with Crippen molar-refractivity contribution in [2.75, 3.05) is 6.61 Å². The molecule has 1 aromatic carbocycles. The van der Waals surface area contributed by atoms with E-state index < -0.39 is 0 Å². The molecule has 3 heterocycles. The smallest absolute Gasteiger partial charge is 0.261 e. The molecule has 0 fully saturated rings. The number of fused-ring (bicyclic) bond motifs is 2. The van der Waals surface area contributed by atoms with E-state index in [9.17, 15) is 4.79 Å². The van der Waals surface area contributed by atoms with Crippen LogP contribution < -0.4 is 9.47 Å². The van der Waals surface area contributed by atoms with Crippen LogP contribution in [0, 0.1) is 0 Å². The molecule has 0 N–H and O–H groups in total. The van der Waals surface area contributed by atoms with Crippen LogP contribution in [0.4, 0.5) is 0 Å². The average Bonchev–Trinajstić information content (AvgIpc) is 3.11. The maximum atomic E-state index is 12.4. The summed E-state index contributed by atoms with van der Waals surface area (Å²) in [7, 11) is 0. The molecular weight excluding hydrogens is 304 g/mol. The zero-order chi connectivity index (χ0) is 16.7. The van der Waals surface area contributed by atoms with E-state index in [2.05, 4.69) is 18.8 Å². The minimum Gasteiger partial charge on any atom is -0.483 e. The topological polar surface area (TPSA) is 51.7 Å². The number of aromatic nitrogens is 1. The number of pyridine rings is 1. The molecular formula is C19H20N2O3. The monoisotopic (exact) mass is 324 g/mol. The Morgan fingerprint density at radius 2 is 2.08 bits per heavy atom. The molecule has 0 spiro atoms. The third-order valence-corrected chi connectivity index (χ3v) is 4.45. The van der Waals surface area contributed by atoms with Crippen molar-refractivity contribution >= 4 is 5.91 Å². The van der Waals surface area contributed by atoms with E-state index >= 15 is 0 Å². The minimum atomic E-state index is -0.228. The third kappa shape index (κ3) is 2.70. The van der Waals surface area contributed by atoms with Gasteiger partial charge in [-0.15, -0.1) is 0 Å². The van der Waals surface area contributed by atoms with Gasteiger partial charge in [0.2, 0.25) is 0 Å². The molecule has 1 amide bonds. The molecule has 1 aromatic heterocycles. The van der Waals surface area contributed by atoms with Crippen LogP contribution in [0.5, 0.6) is 11.5 Å². The lowest BCUT2D eigenvalue weighted by Gasteiger charge is -2.19. The summed E-state index contributed by atoms with van der Waals surface area (Å²) in [6.07, 6.45) is 2.61. The molecule has 4 rings (SSSR count). The van der Waals surface area contributed by atoms with E-state index in [1.54, 1.807) is 11.1 Å². The van der Waals surface area contributed by atoms with Gasteiger partial charge in [-0.2, -0.15) is 0 Å². The van der Waals surface area contributed by atoms with Crippen LogP contribution in [0.15, 0.2) is 36.5 Å². The Morgan fingerprint density at radius 3 is 2.92 bits per heavy atom. The SMILES string of the molecule is CC1(C)Cc2cccc(OCC(=O)N3Cc4cccnc4C3)c2O1. The number of ether oxygens (including phenoxy) is 2. The van der Waals surface area contributed by atoms with Gasteiger partial charge in [0.15, 0.2) is 18.1 Å². The summed E-state index contributed by atoms with van der Waals surface area (Å²) in [6.45, 7) is 5.26. The fourth-order valence-electron chi connectivity index (χ4n) is 3.31. The molecule has 2 aliphatic rings. The molecule has 0 atom stereocenters.